The molecule has 1 amide bonds. The summed E-state index contributed by atoms with van der Waals surface area (Å²) in [6.45, 7) is 2.86. The monoisotopic (exact) mass is 260 g/mol. The molecule has 1 aliphatic carbocycles. The summed E-state index contributed by atoms with van der Waals surface area (Å²) in [5.41, 5.74) is 1.32. The molecule has 1 fully saturated rings. The molecule has 0 radical (unpaired) electrons. The minimum absolute atomic E-state index is 0.229. The van der Waals surface area contributed by atoms with Crippen molar-refractivity contribution in [3.63, 3.8) is 0 Å². The summed E-state index contributed by atoms with van der Waals surface area (Å²) in [7, 11) is 4.14. The predicted molar refractivity (Wildman–Crippen MR) is 77.9 cm³/mol. The Morgan fingerprint density at radius 2 is 2.00 bits per heavy atom. The standard InChI is InChI=1S/C16H24N2O/c1-12-9-15(12)16(19)17-11-14(18(2)3)10-13-7-5-4-6-8-13/h4-8,12,14-15H,9-11H2,1-3H3,(H,17,19)/t12-,14-,15-/m1/s1. The number of amides is 1. The van der Waals surface area contributed by atoms with Crippen molar-refractivity contribution in [1.29, 1.82) is 0 Å². The van der Waals surface area contributed by atoms with Gasteiger partial charge in [-0.2, -0.15) is 0 Å². The van der Waals surface area contributed by atoms with Gasteiger partial charge in [0.1, 0.15) is 0 Å². The largest absolute Gasteiger partial charge is 0.354 e. The van der Waals surface area contributed by atoms with Gasteiger partial charge in [0.25, 0.3) is 0 Å². The van der Waals surface area contributed by atoms with Crippen molar-refractivity contribution in [2.24, 2.45) is 11.8 Å². The Morgan fingerprint density at radius 1 is 1.37 bits per heavy atom. The molecule has 1 aromatic rings. The molecule has 1 aliphatic rings. The highest BCUT2D eigenvalue weighted by Gasteiger charge is 2.39. The van der Waals surface area contributed by atoms with Gasteiger partial charge < -0.3 is 10.2 Å². The summed E-state index contributed by atoms with van der Waals surface area (Å²) >= 11 is 0. The van der Waals surface area contributed by atoms with Gasteiger partial charge >= 0.3 is 0 Å². The van der Waals surface area contributed by atoms with Crippen LogP contribution in [0.3, 0.4) is 0 Å². The van der Waals surface area contributed by atoms with E-state index in [-0.39, 0.29) is 11.8 Å². The van der Waals surface area contributed by atoms with Gasteiger partial charge in [0, 0.05) is 18.5 Å². The summed E-state index contributed by atoms with van der Waals surface area (Å²) < 4.78 is 0. The van der Waals surface area contributed by atoms with Gasteiger partial charge in [-0.25, -0.2) is 0 Å². The van der Waals surface area contributed by atoms with E-state index in [0.717, 1.165) is 19.4 Å². The Hall–Kier alpha value is -1.35. The SMILES string of the molecule is C[C@@H]1C[C@H]1C(=O)NC[C@@H](Cc1ccccc1)N(C)C. The van der Waals surface area contributed by atoms with Gasteiger partial charge in [0.05, 0.1) is 0 Å². The Balaban J connectivity index is 1.84. The van der Waals surface area contributed by atoms with E-state index < -0.39 is 0 Å². The summed E-state index contributed by atoms with van der Waals surface area (Å²) in [6, 6.07) is 10.8. The van der Waals surface area contributed by atoms with Crippen LogP contribution in [0.2, 0.25) is 0 Å². The highest BCUT2D eigenvalue weighted by atomic mass is 16.2. The van der Waals surface area contributed by atoms with E-state index >= 15 is 0 Å². The Bertz CT molecular complexity index is 416. The fourth-order valence-corrected chi connectivity index (χ4v) is 2.36. The number of carbonyl (C=O) groups is 1. The van der Waals surface area contributed by atoms with Crippen molar-refractivity contribution in [3.05, 3.63) is 35.9 Å². The molecule has 0 saturated heterocycles. The molecular formula is C16H24N2O. The lowest BCUT2D eigenvalue weighted by Crippen LogP contribution is -2.42. The molecule has 1 N–H and O–H groups in total. The van der Waals surface area contributed by atoms with Crippen LogP contribution in [0.5, 0.6) is 0 Å². The van der Waals surface area contributed by atoms with E-state index in [1.54, 1.807) is 0 Å². The maximum Gasteiger partial charge on any atom is 0.223 e. The summed E-state index contributed by atoms with van der Waals surface area (Å²) in [5, 5.41) is 3.10. The van der Waals surface area contributed by atoms with Crippen LogP contribution in [0.1, 0.15) is 18.9 Å². The lowest BCUT2D eigenvalue weighted by Gasteiger charge is -2.24. The number of rotatable bonds is 6. The third-order valence-corrected chi connectivity index (χ3v) is 4.00. The van der Waals surface area contributed by atoms with Crippen LogP contribution in [-0.4, -0.2) is 37.5 Å². The molecule has 3 heteroatoms. The first-order valence-corrected chi connectivity index (χ1v) is 7.06. The lowest BCUT2D eigenvalue weighted by atomic mass is 10.1. The first-order chi connectivity index (χ1) is 9.08. The topological polar surface area (TPSA) is 32.3 Å². The van der Waals surface area contributed by atoms with Crippen molar-refractivity contribution in [2.45, 2.75) is 25.8 Å². The van der Waals surface area contributed by atoms with Crippen molar-refractivity contribution in [2.75, 3.05) is 20.6 Å². The average Bonchev–Trinajstić information content (AvgIpc) is 3.12. The highest BCUT2D eigenvalue weighted by Crippen LogP contribution is 2.37. The Morgan fingerprint density at radius 3 is 2.53 bits per heavy atom. The maximum atomic E-state index is 11.9. The van der Waals surface area contributed by atoms with E-state index in [1.165, 1.54) is 5.56 Å². The number of hydrogen-bond acceptors (Lipinski definition) is 2. The lowest BCUT2D eigenvalue weighted by molar-refractivity contribution is -0.122. The number of benzene rings is 1. The average molecular weight is 260 g/mol. The highest BCUT2D eigenvalue weighted by molar-refractivity contribution is 5.81. The zero-order chi connectivity index (χ0) is 13.8. The molecule has 19 heavy (non-hydrogen) atoms. The van der Waals surface area contributed by atoms with Gasteiger partial charge in [0.2, 0.25) is 5.91 Å². The molecular weight excluding hydrogens is 236 g/mol. The molecule has 104 valence electrons. The van der Waals surface area contributed by atoms with Crippen LogP contribution < -0.4 is 5.32 Å². The van der Waals surface area contributed by atoms with E-state index in [2.05, 4.69) is 55.5 Å². The number of likely N-dealkylation sites (N-methyl/N-ethyl adjacent to an activating group) is 1. The third-order valence-electron chi connectivity index (χ3n) is 4.00. The smallest absolute Gasteiger partial charge is 0.223 e. The number of carbonyl (C=O) groups excluding carboxylic acids is 1. The third kappa shape index (κ3) is 4.06. The van der Waals surface area contributed by atoms with Gasteiger partial charge in [-0.05, 0) is 38.4 Å². The number of nitrogens with one attached hydrogen (secondary N) is 1. The number of hydrogen-bond donors (Lipinski definition) is 1. The normalized spacial score (nSPS) is 23.2. The van der Waals surface area contributed by atoms with Crippen LogP contribution >= 0.6 is 0 Å². The molecule has 1 saturated carbocycles. The quantitative estimate of drug-likeness (QED) is 0.847. The zero-order valence-electron chi connectivity index (χ0n) is 12.1. The molecule has 0 unspecified atom stereocenters. The second-order valence-corrected chi connectivity index (χ2v) is 5.87. The second-order valence-electron chi connectivity index (χ2n) is 5.87. The maximum absolute atomic E-state index is 11.9. The van der Waals surface area contributed by atoms with E-state index in [4.69, 9.17) is 0 Å². The van der Waals surface area contributed by atoms with Crippen LogP contribution in [-0.2, 0) is 11.2 Å². The van der Waals surface area contributed by atoms with E-state index in [0.29, 0.717) is 12.0 Å². The minimum atomic E-state index is 0.229. The molecule has 0 aliphatic heterocycles. The van der Waals surface area contributed by atoms with Gasteiger partial charge in [-0.3, -0.25) is 4.79 Å². The first-order valence-electron chi connectivity index (χ1n) is 7.06. The van der Waals surface area contributed by atoms with Crippen molar-refractivity contribution >= 4 is 5.91 Å². The predicted octanol–water partition coefficient (Wildman–Crippen LogP) is 1.93. The van der Waals surface area contributed by atoms with Gasteiger partial charge in [0.15, 0.2) is 0 Å². The fraction of sp³-hybridized carbons (Fsp3) is 0.562. The van der Waals surface area contributed by atoms with Crippen molar-refractivity contribution < 1.29 is 4.79 Å². The Labute approximate surface area is 116 Å². The molecule has 0 spiro atoms. The van der Waals surface area contributed by atoms with E-state index in [9.17, 15) is 4.79 Å². The van der Waals surface area contributed by atoms with Crippen LogP contribution in [0.15, 0.2) is 30.3 Å². The van der Waals surface area contributed by atoms with Gasteiger partial charge in [-0.15, -0.1) is 0 Å². The van der Waals surface area contributed by atoms with Gasteiger partial charge in [-0.1, -0.05) is 37.3 Å². The van der Waals surface area contributed by atoms with Crippen molar-refractivity contribution in [1.82, 2.24) is 10.2 Å². The number of nitrogens with zero attached hydrogens (tertiary/aromatic N) is 1. The summed E-state index contributed by atoms with van der Waals surface area (Å²) in [6.07, 6.45) is 2.02. The van der Waals surface area contributed by atoms with Crippen molar-refractivity contribution in [3.8, 4) is 0 Å². The summed E-state index contributed by atoms with van der Waals surface area (Å²) in [4.78, 5) is 14.0. The zero-order valence-corrected chi connectivity index (χ0v) is 12.1. The van der Waals surface area contributed by atoms with E-state index in [1.807, 2.05) is 6.07 Å². The van der Waals surface area contributed by atoms with Crippen LogP contribution in [0.4, 0.5) is 0 Å². The minimum Gasteiger partial charge on any atom is -0.354 e. The molecule has 3 nitrogen and oxygen atoms in total. The molecule has 3 atom stereocenters. The van der Waals surface area contributed by atoms with Crippen LogP contribution in [0.25, 0.3) is 0 Å². The fourth-order valence-electron chi connectivity index (χ4n) is 2.36. The molecule has 0 bridgehead atoms. The Kier molecular flexibility index (Phi) is 4.59. The molecule has 0 aromatic heterocycles. The van der Waals surface area contributed by atoms with Crippen LogP contribution in [0, 0.1) is 11.8 Å². The molecule has 2 rings (SSSR count). The molecule has 0 heterocycles. The molecule has 1 aromatic carbocycles. The summed E-state index contributed by atoms with van der Waals surface area (Å²) in [5.74, 6) is 1.07. The second kappa shape index (κ2) is 6.20. The first kappa shape index (κ1) is 14.1.